The van der Waals surface area contributed by atoms with E-state index in [1.807, 2.05) is 24.3 Å². The largest absolute Gasteiger partial charge is 0.504 e. The Labute approximate surface area is 239 Å². The van der Waals surface area contributed by atoms with Crippen molar-refractivity contribution in [3.63, 3.8) is 0 Å². The van der Waals surface area contributed by atoms with E-state index in [0.29, 0.717) is 23.0 Å². The van der Waals surface area contributed by atoms with Crippen LogP contribution < -0.4 is 24.3 Å². The molecule has 5 heterocycles. The lowest BCUT2D eigenvalue weighted by Gasteiger charge is -2.37. The fourth-order valence-corrected chi connectivity index (χ4v) is 6.80. The van der Waals surface area contributed by atoms with Crippen LogP contribution in [0.1, 0.15) is 45.5 Å². The third-order valence-electron chi connectivity index (χ3n) is 8.98. The van der Waals surface area contributed by atoms with Crippen LogP contribution >= 0.6 is 0 Å². The second kappa shape index (κ2) is 9.43. The van der Waals surface area contributed by atoms with Gasteiger partial charge in [-0.15, -0.1) is 0 Å². The molecule has 4 aromatic rings. The van der Waals surface area contributed by atoms with Crippen molar-refractivity contribution in [1.29, 1.82) is 0 Å². The molecule has 7 nitrogen and oxygen atoms in total. The van der Waals surface area contributed by atoms with Crippen molar-refractivity contribution in [3.8, 4) is 46.0 Å². The van der Waals surface area contributed by atoms with E-state index in [9.17, 15) is 5.11 Å². The number of phenols is 1. The maximum absolute atomic E-state index is 10.6. The lowest BCUT2D eigenvalue weighted by Crippen LogP contribution is -2.33. The molecule has 7 bridgehead atoms. The topological polar surface area (TPSA) is 72.4 Å². The third kappa shape index (κ3) is 4.11. The Balaban J connectivity index is 1.32. The number of nitrogens with one attached hydrogen (secondary N) is 1. The minimum absolute atomic E-state index is 0.0476. The molecule has 208 valence electrons. The maximum Gasteiger partial charge on any atom is 0.212 e. The summed E-state index contributed by atoms with van der Waals surface area (Å²) in [6, 6.07) is 20.4. The fourth-order valence-electron chi connectivity index (χ4n) is 6.80. The summed E-state index contributed by atoms with van der Waals surface area (Å²) in [6.07, 6.45) is 3.36. The Morgan fingerprint density at radius 1 is 0.829 bits per heavy atom. The predicted molar refractivity (Wildman–Crippen MR) is 155 cm³/mol. The van der Waals surface area contributed by atoms with Crippen LogP contribution in [0, 0.1) is 0 Å². The highest BCUT2D eigenvalue weighted by Gasteiger charge is 2.35. The lowest BCUT2D eigenvalue weighted by atomic mass is 9.87. The quantitative estimate of drug-likeness (QED) is 0.244. The minimum Gasteiger partial charge on any atom is -0.504 e. The van der Waals surface area contributed by atoms with Gasteiger partial charge in [0.25, 0.3) is 0 Å². The van der Waals surface area contributed by atoms with E-state index in [2.05, 4.69) is 47.6 Å². The molecular weight excluding hydrogens is 516 g/mol. The number of phenolic OH excluding ortho intramolecular Hbond substituents is 1. The Morgan fingerprint density at radius 2 is 1.63 bits per heavy atom. The van der Waals surface area contributed by atoms with Gasteiger partial charge in [0.1, 0.15) is 5.75 Å². The Hall–Kier alpha value is -4.20. The van der Waals surface area contributed by atoms with Crippen molar-refractivity contribution < 1.29 is 24.1 Å². The molecule has 7 heteroatoms. The predicted octanol–water partition coefficient (Wildman–Crippen LogP) is 6.61. The van der Waals surface area contributed by atoms with Gasteiger partial charge in [0.05, 0.1) is 7.11 Å². The molecule has 0 unspecified atom stereocenters. The minimum atomic E-state index is 0.0476. The highest BCUT2D eigenvalue weighted by Crippen LogP contribution is 2.56. The van der Waals surface area contributed by atoms with Crippen molar-refractivity contribution in [2.75, 3.05) is 27.2 Å². The molecule has 41 heavy (non-hydrogen) atoms. The molecule has 0 aromatic heterocycles. The number of likely N-dealkylation sites (N-methyl/N-ethyl adjacent to an activating group) is 1. The van der Waals surface area contributed by atoms with Gasteiger partial charge in [0.2, 0.25) is 5.75 Å². The zero-order valence-corrected chi connectivity index (χ0v) is 23.2. The smallest absolute Gasteiger partial charge is 0.212 e. The highest BCUT2D eigenvalue weighted by atomic mass is 16.6. The summed E-state index contributed by atoms with van der Waals surface area (Å²) in [6.45, 7) is 1.81. The number of rotatable bonds is 1. The van der Waals surface area contributed by atoms with Gasteiger partial charge in [0, 0.05) is 24.2 Å². The van der Waals surface area contributed by atoms with Gasteiger partial charge in [-0.05, 0) is 110 Å². The molecule has 0 fully saturated rings. The molecule has 2 N–H and O–H groups in total. The normalized spacial score (nSPS) is 20.3. The third-order valence-corrected chi connectivity index (χ3v) is 8.98. The number of hydrogen-bond acceptors (Lipinski definition) is 7. The summed E-state index contributed by atoms with van der Waals surface area (Å²) in [5.74, 6) is 4.83. The van der Waals surface area contributed by atoms with E-state index in [-0.39, 0.29) is 17.8 Å². The van der Waals surface area contributed by atoms with Gasteiger partial charge in [-0.2, -0.15) is 0 Å². The zero-order chi connectivity index (χ0) is 27.7. The summed E-state index contributed by atoms with van der Waals surface area (Å²) in [4.78, 5) is 2.39. The Morgan fingerprint density at radius 3 is 2.49 bits per heavy atom. The summed E-state index contributed by atoms with van der Waals surface area (Å²) in [5.41, 5.74) is 7.11. The Kier molecular flexibility index (Phi) is 5.66. The molecule has 0 aliphatic carbocycles. The summed E-state index contributed by atoms with van der Waals surface area (Å²) in [7, 11) is 3.86. The molecule has 0 saturated heterocycles. The van der Waals surface area contributed by atoms with Gasteiger partial charge >= 0.3 is 0 Å². The van der Waals surface area contributed by atoms with Crippen LogP contribution in [0.25, 0.3) is 0 Å². The second-order valence-electron chi connectivity index (χ2n) is 11.5. The number of aromatic hydroxyl groups is 1. The van der Waals surface area contributed by atoms with Crippen molar-refractivity contribution >= 4 is 0 Å². The van der Waals surface area contributed by atoms with E-state index in [1.165, 1.54) is 22.3 Å². The summed E-state index contributed by atoms with van der Waals surface area (Å²) in [5, 5.41) is 14.3. The van der Waals surface area contributed by atoms with Crippen LogP contribution in [0.2, 0.25) is 0 Å². The van der Waals surface area contributed by atoms with Crippen molar-refractivity contribution in [1.82, 2.24) is 10.2 Å². The van der Waals surface area contributed by atoms with E-state index >= 15 is 0 Å². The lowest BCUT2D eigenvalue weighted by molar-refractivity contribution is 0.227. The molecule has 5 aliphatic rings. The monoisotopic (exact) mass is 548 g/mol. The average Bonchev–Trinajstić information content (AvgIpc) is 2.98. The molecule has 0 spiro atoms. The van der Waals surface area contributed by atoms with Gasteiger partial charge < -0.3 is 29.4 Å². The van der Waals surface area contributed by atoms with Crippen LogP contribution in [0.15, 0.2) is 60.7 Å². The number of hydrogen-bond donors (Lipinski definition) is 2. The van der Waals surface area contributed by atoms with E-state index in [1.54, 1.807) is 13.2 Å². The summed E-state index contributed by atoms with van der Waals surface area (Å²) < 4.78 is 25.4. The maximum atomic E-state index is 10.6. The number of ether oxygens (including phenoxy) is 4. The first-order chi connectivity index (χ1) is 20.0. The number of fused-ring (bicyclic) bond motifs is 2. The molecule has 4 aromatic carbocycles. The number of methoxy groups -OCH3 is 1. The first-order valence-corrected chi connectivity index (χ1v) is 14.3. The Bertz CT molecular complexity index is 1680. The van der Waals surface area contributed by atoms with E-state index < -0.39 is 0 Å². The van der Waals surface area contributed by atoms with Crippen molar-refractivity contribution in [3.05, 3.63) is 94.0 Å². The van der Waals surface area contributed by atoms with E-state index in [0.717, 1.165) is 67.1 Å². The van der Waals surface area contributed by atoms with Gasteiger partial charge in [-0.25, -0.2) is 0 Å². The van der Waals surface area contributed by atoms with Crippen molar-refractivity contribution in [2.24, 2.45) is 0 Å². The molecule has 9 rings (SSSR count). The molecule has 0 radical (unpaired) electrons. The first-order valence-electron chi connectivity index (χ1n) is 14.3. The fraction of sp³-hybridized carbons (Fsp3) is 0.294. The molecule has 0 amide bonds. The first kappa shape index (κ1) is 24.6. The summed E-state index contributed by atoms with van der Waals surface area (Å²) >= 11 is 0. The SMILES string of the molecule is COc1cc2c3c4c1Oc1cc5c(cc1O4)[C@@H](Cc1ccc(O)c(c1)Oc1ccc(cc1)C[C@@H]3NCC2)N(C)CC5. The van der Waals surface area contributed by atoms with E-state index in [4.69, 9.17) is 18.9 Å². The van der Waals surface area contributed by atoms with Gasteiger partial charge in [-0.1, -0.05) is 18.2 Å². The van der Waals surface area contributed by atoms with Crippen LogP contribution in [0.4, 0.5) is 0 Å². The highest BCUT2D eigenvalue weighted by molar-refractivity contribution is 5.67. The number of benzene rings is 4. The van der Waals surface area contributed by atoms with Crippen LogP contribution in [0.3, 0.4) is 0 Å². The van der Waals surface area contributed by atoms with Gasteiger partial charge in [0.15, 0.2) is 34.5 Å². The molecule has 2 atom stereocenters. The van der Waals surface area contributed by atoms with Crippen molar-refractivity contribution in [2.45, 2.75) is 37.8 Å². The van der Waals surface area contributed by atoms with Crippen LogP contribution in [-0.2, 0) is 25.7 Å². The van der Waals surface area contributed by atoms with Crippen LogP contribution in [0.5, 0.6) is 46.0 Å². The standard InChI is InChI=1S/C34H32N2O5/c1-36-12-10-21-16-29-30-18-24(21)26(36)14-20-5-8-27(37)28(15-20)39-23-6-3-19(4-7-23)13-25-32-22(9-11-35-25)17-31(38-2)33(40-29)34(32)41-30/h3-8,15-18,25-26,35,37H,9-14H2,1-2H3/t25-,26+/m0/s1. The molecular formula is C34H32N2O5. The average molecular weight is 549 g/mol. The number of nitrogens with zero attached hydrogens (tertiary/aromatic N) is 1. The van der Waals surface area contributed by atoms with Crippen LogP contribution in [-0.4, -0.2) is 37.3 Å². The molecule has 0 saturated carbocycles. The molecule has 5 aliphatic heterocycles. The zero-order valence-electron chi connectivity index (χ0n) is 23.2. The second-order valence-corrected chi connectivity index (χ2v) is 11.5. The van der Waals surface area contributed by atoms with Gasteiger partial charge in [-0.3, -0.25) is 4.90 Å².